The van der Waals surface area contributed by atoms with Crippen LogP contribution in [0.2, 0.25) is 5.02 Å². The summed E-state index contributed by atoms with van der Waals surface area (Å²) in [5.74, 6) is -0.495. The van der Waals surface area contributed by atoms with Crippen LogP contribution in [0.3, 0.4) is 0 Å². The minimum absolute atomic E-state index is 0.0121. The lowest BCUT2D eigenvalue weighted by Gasteiger charge is -2.21. The Hall–Kier alpha value is -3.41. The standard InChI is InChI=1S/C17H13ClF4N6O2/c1-30-15-5-4-14(26-27-15)28(8-10-7-13(25-24-10)17(20,21)22)16(29)23-9-2-3-12(19)11(18)6-9/h2-7H,8H2,1H3,(H,23,29)(H,24,25). The fourth-order valence-corrected chi connectivity index (χ4v) is 2.52. The van der Waals surface area contributed by atoms with Crippen LogP contribution in [0.5, 0.6) is 5.88 Å². The second kappa shape index (κ2) is 8.53. The highest BCUT2D eigenvalue weighted by Gasteiger charge is 2.33. The number of H-pyrrole nitrogens is 1. The van der Waals surface area contributed by atoms with Crippen molar-refractivity contribution in [3.8, 4) is 5.88 Å². The van der Waals surface area contributed by atoms with Crippen molar-refractivity contribution in [2.45, 2.75) is 12.7 Å². The molecule has 2 N–H and O–H groups in total. The molecule has 0 saturated heterocycles. The van der Waals surface area contributed by atoms with Crippen molar-refractivity contribution in [1.82, 2.24) is 20.4 Å². The summed E-state index contributed by atoms with van der Waals surface area (Å²) in [5.41, 5.74) is -0.980. The van der Waals surface area contributed by atoms with Gasteiger partial charge in [-0.15, -0.1) is 10.2 Å². The van der Waals surface area contributed by atoms with E-state index in [1.54, 1.807) is 0 Å². The zero-order valence-corrected chi connectivity index (χ0v) is 15.9. The Kier molecular flexibility index (Phi) is 6.06. The van der Waals surface area contributed by atoms with Gasteiger partial charge in [0.25, 0.3) is 0 Å². The van der Waals surface area contributed by atoms with Gasteiger partial charge in [0.1, 0.15) is 11.5 Å². The topological polar surface area (TPSA) is 96.0 Å². The maximum atomic E-state index is 13.3. The molecule has 0 spiro atoms. The Morgan fingerprint density at radius 1 is 1.23 bits per heavy atom. The number of amides is 2. The van der Waals surface area contributed by atoms with Gasteiger partial charge in [0.2, 0.25) is 5.88 Å². The summed E-state index contributed by atoms with van der Waals surface area (Å²) in [6.07, 6.45) is -4.62. The molecule has 0 aliphatic heterocycles. The lowest BCUT2D eigenvalue weighted by Crippen LogP contribution is -2.35. The van der Waals surface area contributed by atoms with Gasteiger partial charge in [0.15, 0.2) is 5.82 Å². The van der Waals surface area contributed by atoms with E-state index in [4.69, 9.17) is 16.3 Å². The van der Waals surface area contributed by atoms with Crippen molar-refractivity contribution in [2.75, 3.05) is 17.3 Å². The maximum absolute atomic E-state index is 13.3. The fourth-order valence-electron chi connectivity index (χ4n) is 2.34. The molecule has 2 aromatic heterocycles. The van der Waals surface area contributed by atoms with Gasteiger partial charge in [0.05, 0.1) is 24.4 Å². The zero-order chi connectivity index (χ0) is 21.9. The highest BCUT2D eigenvalue weighted by Crippen LogP contribution is 2.28. The molecule has 0 saturated carbocycles. The molecule has 1 aromatic carbocycles. The number of hydrogen-bond donors (Lipinski definition) is 2. The van der Waals surface area contributed by atoms with Crippen molar-refractivity contribution in [1.29, 1.82) is 0 Å². The van der Waals surface area contributed by atoms with Crippen LogP contribution in [0.1, 0.15) is 11.4 Å². The number of nitrogens with zero attached hydrogens (tertiary/aromatic N) is 4. The summed E-state index contributed by atoms with van der Waals surface area (Å²) in [5, 5.41) is 15.3. The molecule has 3 aromatic rings. The van der Waals surface area contributed by atoms with Crippen LogP contribution in [0, 0.1) is 5.82 Å². The fraction of sp³-hybridized carbons (Fsp3) is 0.176. The maximum Gasteiger partial charge on any atom is 0.432 e. The summed E-state index contributed by atoms with van der Waals surface area (Å²) in [7, 11) is 1.37. The summed E-state index contributed by atoms with van der Waals surface area (Å²) < 4.78 is 56.7. The molecule has 0 aliphatic rings. The Bertz CT molecular complexity index is 1040. The number of aromatic nitrogens is 4. The van der Waals surface area contributed by atoms with E-state index in [1.807, 2.05) is 5.10 Å². The molecule has 0 atom stereocenters. The van der Waals surface area contributed by atoms with E-state index >= 15 is 0 Å². The number of anilines is 2. The molecule has 0 bridgehead atoms. The molecule has 3 rings (SSSR count). The van der Waals surface area contributed by atoms with Gasteiger partial charge in [-0.3, -0.25) is 10.00 Å². The summed E-state index contributed by atoms with van der Waals surface area (Å²) in [6.45, 7) is -0.367. The van der Waals surface area contributed by atoms with E-state index in [1.165, 1.54) is 31.4 Å². The Morgan fingerprint density at radius 3 is 2.57 bits per heavy atom. The SMILES string of the molecule is COc1ccc(N(Cc2cc(C(F)(F)F)[nH]n2)C(=O)Nc2ccc(F)c(Cl)c2)nn1. The molecular formula is C17H13ClF4N6O2. The molecule has 2 amide bonds. The van der Waals surface area contributed by atoms with Crippen molar-refractivity contribution in [2.24, 2.45) is 0 Å². The van der Waals surface area contributed by atoms with Crippen molar-refractivity contribution >= 4 is 29.1 Å². The van der Waals surface area contributed by atoms with Gasteiger partial charge < -0.3 is 10.1 Å². The number of benzene rings is 1. The van der Waals surface area contributed by atoms with Crippen molar-refractivity contribution in [3.05, 3.63) is 58.6 Å². The van der Waals surface area contributed by atoms with Crippen molar-refractivity contribution in [3.63, 3.8) is 0 Å². The molecule has 0 radical (unpaired) electrons. The third-order valence-electron chi connectivity index (χ3n) is 3.78. The monoisotopic (exact) mass is 444 g/mol. The molecular weight excluding hydrogens is 432 g/mol. The van der Waals surface area contributed by atoms with Gasteiger partial charge in [-0.1, -0.05) is 11.6 Å². The number of ether oxygens (including phenoxy) is 1. The lowest BCUT2D eigenvalue weighted by atomic mass is 10.3. The first-order valence-electron chi connectivity index (χ1n) is 8.20. The number of nitrogens with one attached hydrogen (secondary N) is 2. The highest BCUT2D eigenvalue weighted by atomic mass is 35.5. The average molecular weight is 445 g/mol. The predicted octanol–water partition coefficient (Wildman–Crippen LogP) is 4.26. The molecule has 8 nitrogen and oxygen atoms in total. The zero-order valence-electron chi connectivity index (χ0n) is 15.2. The smallest absolute Gasteiger partial charge is 0.432 e. The first-order valence-corrected chi connectivity index (χ1v) is 8.58. The van der Waals surface area contributed by atoms with E-state index < -0.39 is 23.7 Å². The van der Waals surface area contributed by atoms with Crippen LogP contribution in [-0.4, -0.2) is 33.5 Å². The third kappa shape index (κ3) is 4.95. The van der Waals surface area contributed by atoms with Gasteiger partial charge in [-0.25, -0.2) is 9.18 Å². The first-order chi connectivity index (χ1) is 14.2. The number of rotatable bonds is 5. The molecule has 30 heavy (non-hydrogen) atoms. The predicted molar refractivity (Wildman–Crippen MR) is 98.8 cm³/mol. The quantitative estimate of drug-likeness (QED) is 0.573. The summed E-state index contributed by atoms with van der Waals surface area (Å²) in [4.78, 5) is 13.8. The minimum Gasteiger partial charge on any atom is -0.480 e. The van der Waals surface area contributed by atoms with E-state index in [-0.39, 0.29) is 34.6 Å². The van der Waals surface area contributed by atoms with Crippen LogP contribution >= 0.6 is 11.6 Å². The van der Waals surface area contributed by atoms with Crippen LogP contribution in [0.4, 0.5) is 33.9 Å². The second-order valence-electron chi connectivity index (χ2n) is 5.85. The first kappa shape index (κ1) is 21.3. The van der Waals surface area contributed by atoms with E-state index in [0.29, 0.717) is 0 Å². The largest absolute Gasteiger partial charge is 0.480 e. The Labute approximate surface area is 171 Å². The van der Waals surface area contributed by atoms with E-state index in [0.717, 1.165) is 17.0 Å². The molecule has 13 heteroatoms. The number of urea groups is 1. The van der Waals surface area contributed by atoms with Crippen LogP contribution < -0.4 is 15.0 Å². The number of carbonyl (C=O) groups excluding carboxylic acids is 1. The Morgan fingerprint density at radius 2 is 2.00 bits per heavy atom. The number of hydrogen-bond acceptors (Lipinski definition) is 5. The van der Waals surface area contributed by atoms with Crippen LogP contribution in [0.15, 0.2) is 36.4 Å². The Balaban J connectivity index is 1.88. The molecule has 0 fully saturated rings. The molecule has 0 unspecified atom stereocenters. The second-order valence-corrected chi connectivity index (χ2v) is 6.26. The summed E-state index contributed by atoms with van der Waals surface area (Å²) >= 11 is 5.71. The van der Waals surface area contributed by atoms with Gasteiger partial charge >= 0.3 is 12.2 Å². The van der Waals surface area contributed by atoms with Crippen LogP contribution in [0.25, 0.3) is 0 Å². The summed E-state index contributed by atoms with van der Waals surface area (Å²) in [6, 6.07) is 6.30. The number of carbonyl (C=O) groups is 1. The molecule has 158 valence electrons. The van der Waals surface area contributed by atoms with Crippen LogP contribution in [-0.2, 0) is 12.7 Å². The number of methoxy groups -OCH3 is 1. The number of halogens is 5. The third-order valence-corrected chi connectivity index (χ3v) is 4.07. The van der Waals surface area contributed by atoms with Gasteiger partial charge in [-0.05, 0) is 30.3 Å². The van der Waals surface area contributed by atoms with Gasteiger partial charge in [-0.2, -0.15) is 18.3 Å². The minimum atomic E-state index is -4.62. The van der Waals surface area contributed by atoms with Crippen molar-refractivity contribution < 1.29 is 27.1 Å². The number of alkyl halides is 3. The molecule has 2 heterocycles. The average Bonchev–Trinajstić information content (AvgIpc) is 3.18. The highest BCUT2D eigenvalue weighted by molar-refractivity contribution is 6.31. The number of aromatic amines is 1. The lowest BCUT2D eigenvalue weighted by molar-refractivity contribution is -0.141. The molecule has 0 aliphatic carbocycles. The normalized spacial score (nSPS) is 11.3. The van der Waals surface area contributed by atoms with Gasteiger partial charge in [0, 0.05) is 11.8 Å². The van der Waals surface area contributed by atoms with E-state index in [9.17, 15) is 22.4 Å². The van der Waals surface area contributed by atoms with E-state index in [2.05, 4.69) is 20.6 Å².